The minimum Gasteiger partial charge on any atom is -0.380 e. The van der Waals surface area contributed by atoms with Gasteiger partial charge in [0.25, 0.3) is 0 Å². The van der Waals surface area contributed by atoms with Gasteiger partial charge in [-0.25, -0.2) is 22.7 Å². The number of carbonyl (C=O) groups excluding carboxylic acids is 2. The van der Waals surface area contributed by atoms with E-state index < -0.39 is 10.0 Å². The number of ether oxygens (including phenoxy) is 3. The lowest BCUT2D eigenvalue weighted by atomic mass is 9.85. The predicted octanol–water partition coefficient (Wildman–Crippen LogP) is 3.30. The fourth-order valence-corrected chi connectivity index (χ4v) is 6.72. The summed E-state index contributed by atoms with van der Waals surface area (Å²) in [5, 5.41) is 12.1. The van der Waals surface area contributed by atoms with E-state index in [9.17, 15) is 18.0 Å². The molecule has 0 aromatic heterocycles. The monoisotopic (exact) mass is 730 g/mol. The van der Waals surface area contributed by atoms with Gasteiger partial charge in [-0.3, -0.25) is 0 Å². The summed E-state index contributed by atoms with van der Waals surface area (Å²) >= 11 is 12.8. The Morgan fingerprint density at radius 2 is 1.44 bits per heavy atom. The van der Waals surface area contributed by atoms with Crippen LogP contribution < -0.4 is 26.0 Å². The molecule has 0 fully saturated rings. The number of fused-ring (bicyclic) bond motifs is 1. The van der Waals surface area contributed by atoms with Gasteiger partial charge in [-0.2, -0.15) is 0 Å². The summed E-state index contributed by atoms with van der Waals surface area (Å²) in [5.74, 6) is -0.0747. The number of hydrogen-bond acceptors (Lipinski definition) is 8. The highest BCUT2D eigenvalue weighted by Gasteiger charge is 2.28. The van der Waals surface area contributed by atoms with Crippen LogP contribution in [0.2, 0.25) is 10.0 Å². The maximum atomic E-state index is 13.0. The molecule has 2 aromatic carbocycles. The third-order valence-corrected chi connectivity index (χ3v) is 9.43. The van der Waals surface area contributed by atoms with E-state index in [0.29, 0.717) is 75.7 Å². The first kappa shape index (κ1) is 39.7. The zero-order valence-corrected chi connectivity index (χ0v) is 29.9. The van der Waals surface area contributed by atoms with E-state index in [1.165, 1.54) is 0 Å². The molecule has 1 aliphatic heterocycles. The molecular weight excluding hydrogens is 683 g/mol. The Morgan fingerprint density at radius 1 is 0.833 bits per heavy atom. The zero-order chi connectivity index (χ0) is 34.8. The lowest BCUT2D eigenvalue weighted by molar-refractivity contribution is 0.0516. The van der Waals surface area contributed by atoms with Gasteiger partial charge in [-0.15, -0.1) is 0 Å². The normalized spacial score (nSPS) is 14.7. The van der Waals surface area contributed by atoms with Crippen LogP contribution in [0, 0.1) is 0 Å². The molecule has 0 radical (unpaired) electrons. The van der Waals surface area contributed by atoms with E-state index in [2.05, 4.69) is 30.9 Å². The van der Waals surface area contributed by atoms with E-state index in [1.807, 2.05) is 26.1 Å². The van der Waals surface area contributed by atoms with Crippen LogP contribution in [-0.2, 0) is 30.8 Å². The minimum absolute atomic E-state index is 0.0747. The summed E-state index contributed by atoms with van der Waals surface area (Å²) in [5.41, 5.74) is 2.87. The summed E-state index contributed by atoms with van der Waals surface area (Å²) in [7, 11) is -1.75. The number of urea groups is 2. The highest BCUT2D eigenvalue weighted by atomic mass is 35.5. The maximum Gasteiger partial charge on any atom is 0.314 e. The molecule has 1 unspecified atom stereocenters. The number of likely N-dealkylation sites (N-methyl/N-ethyl adjacent to an activating group) is 1. The van der Waals surface area contributed by atoms with E-state index in [1.54, 1.807) is 24.3 Å². The van der Waals surface area contributed by atoms with Crippen molar-refractivity contribution in [2.75, 3.05) is 86.0 Å². The molecule has 0 aliphatic carbocycles. The van der Waals surface area contributed by atoms with Gasteiger partial charge in [-0.1, -0.05) is 35.3 Å². The maximum absolute atomic E-state index is 13.0. The van der Waals surface area contributed by atoms with Crippen molar-refractivity contribution < 1.29 is 32.2 Å². The molecule has 2 aromatic rings. The van der Waals surface area contributed by atoms with Gasteiger partial charge in [0.15, 0.2) is 0 Å². The van der Waals surface area contributed by atoms with Gasteiger partial charge in [0.1, 0.15) is 0 Å². The molecule has 3 rings (SSSR count). The highest BCUT2D eigenvalue weighted by Crippen LogP contribution is 2.38. The van der Waals surface area contributed by atoms with Crippen LogP contribution in [0.15, 0.2) is 41.3 Å². The molecule has 5 N–H and O–H groups in total. The summed E-state index contributed by atoms with van der Waals surface area (Å²) in [6.07, 6.45) is 1.46. The van der Waals surface area contributed by atoms with Crippen LogP contribution in [0.4, 0.5) is 9.59 Å². The molecule has 4 amide bonds. The summed E-state index contributed by atoms with van der Waals surface area (Å²) < 4.78 is 44.8. The topological polar surface area (TPSA) is 159 Å². The van der Waals surface area contributed by atoms with Crippen molar-refractivity contribution in [3.05, 3.63) is 63.1 Å². The summed E-state index contributed by atoms with van der Waals surface area (Å²) in [4.78, 5) is 25.8. The number of sulfonamides is 1. The Kier molecular flexibility index (Phi) is 17.7. The number of rotatable bonds is 21. The molecule has 0 saturated carbocycles. The number of unbranched alkanes of at least 4 members (excludes halogenated alkanes) is 1. The average molecular weight is 732 g/mol. The van der Waals surface area contributed by atoms with Crippen LogP contribution in [0.1, 0.15) is 42.4 Å². The van der Waals surface area contributed by atoms with Crippen molar-refractivity contribution in [3.8, 4) is 0 Å². The van der Waals surface area contributed by atoms with E-state index in [4.69, 9.17) is 37.4 Å². The van der Waals surface area contributed by atoms with Crippen LogP contribution >= 0.6 is 23.2 Å². The van der Waals surface area contributed by atoms with Crippen molar-refractivity contribution in [3.63, 3.8) is 0 Å². The van der Waals surface area contributed by atoms with Gasteiger partial charge in [0, 0.05) is 68.4 Å². The van der Waals surface area contributed by atoms with Crippen molar-refractivity contribution in [2.45, 2.75) is 37.1 Å². The molecule has 1 atom stereocenters. The highest BCUT2D eigenvalue weighted by molar-refractivity contribution is 7.89. The Hall–Kier alpha value is -2.69. The zero-order valence-electron chi connectivity index (χ0n) is 27.6. The fourth-order valence-electron chi connectivity index (χ4n) is 5.08. The van der Waals surface area contributed by atoms with Crippen molar-refractivity contribution in [1.29, 1.82) is 0 Å². The number of benzene rings is 2. The standard InChI is InChI=1S/C32H48Cl2N6O7S/c1-3-45-14-11-37-31(41)35-9-4-5-10-36-32(42)38-12-15-46-17-18-47-16-13-39-48(43,44)26-8-6-7-24(19-26)28-22-40(2)23-29-27(28)20-25(33)21-30(29)34/h6-8,19-21,28,39H,3-5,9-18,22-23H2,1-2H3,(H2,35,37,41)(H2,36,38,42). The second kappa shape index (κ2) is 21.4. The smallest absolute Gasteiger partial charge is 0.314 e. The average Bonchev–Trinajstić information content (AvgIpc) is 3.05. The largest absolute Gasteiger partial charge is 0.380 e. The fraction of sp³-hybridized carbons (Fsp3) is 0.562. The molecule has 16 heteroatoms. The summed E-state index contributed by atoms with van der Waals surface area (Å²) in [6.45, 7) is 7.35. The quantitative estimate of drug-likeness (QED) is 0.122. The number of nitrogens with one attached hydrogen (secondary N) is 5. The molecule has 48 heavy (non-hydrogen) atoms. The first-order valence-corrected chi connectivity index (χ1v) is 18.4. The number of halogens is 2. The molecule has 1 heterocycles. The first-order chi connectivity index (χ1) is 23.1. The number of amides is 4. The molecular formula is C32H48Cl2N6O7S. The van der Waals surface area contributed by atoms with Gasteiger partial charge in [0.05, 0.1) is 37.9 Å². The number of hydrogen-bond donors (Lipinski definition) is 5. The Bertz CT molecular complexity index is 1420. The lowest BCUT2D eigenvalue weighted by Crippen LogP contribution is -2.39. The van der Waals surface area contributed by atoms with Crippen LogP contribution in [0.25, 0.3) is 0 Å². The van der Waals surface area contributed by atoms with Gasteiger partial charge < -0.3 is 40.4 Å². The lowest BCUT2D eigenvalue weighted by Gasteiger charge is -2.33. The third-order valence-electron chi connectivity index (χ3n) is 7.42. The number of nitrogens with zero attached hydrogens (tertiary/aromatic N) is 1. The van der Waals surface area contributed by atoms with Crippen LogP contribution in [0.3, 0.4) is 0 Å². The third kappa shape index (κ3) is 14.0. The van der Waals surface area contributed by atoms with Crippen molar-refractivity contribution in [2.24, 2.45) is 0 Å². The molecule has 1 aliphatic rings. The number of carbonyl (C=O) groups is 2. The van der Waals surface area contributed by atoms with Gasteiger partial charge in [0.2, 0.25) is 10.0 Å². The Morgan fingerprint density at radius 3 is 2.08 bits per heavy atom. The van der Waals surface area contributed by atoms with Gasteiger partial charge in [-0.05, 0) is 67.8 Å². The molecule has 268 valence electrons. The van der Waals surface area contributed by atoms with E-state index >= 15 is 0 Å². The predicted molar refractivity (Wildman–Crippen MR) is 186 cm³/mol. The van der Waals surface area contributed by atoms with Gasteiger partial charge >= 0.3 is 12.1 Å². The van der Waals surface area contributed by atoms with Crippen molar-refractivity contribution in [1.82, 2.24) is 30.9 Å². The molecule has 0 spiro atoms. The molecule has 0 saturated heterocycles. The minimum atomic E-state index is -3.76. The van der Waals surface area contributed by atoms with E-state index in [-0.39, 0.29) is 42.6 Å². The SMILES string of the molecule is CCOCCNC(=O)NCCCCNC(=O)NCCOCCOCCNS(=O)(=O)c1cccc(C2CN(C)Cc3c(Cl)cc(Cl)cc32)c1. The summed E-state index contributed by atoms with van der Waals surface area (Å²) in [6, 6.07) is 10.0. The van der Waals surface area contributed by atoms with Crippen molar-refractivity contribution >= 4 is 45.3 Å². The molecule has 13 nitrogen and oxygen atoms in total. The Labute approximate surface area is 293 Å². The second-order valence-electron chi connectivity index (χ2n) is 11.2. The van der Waals surface area contributed by atoms with Crippen LogP contribution in [-0.4, -0.2) is 111 Å². The first-order valence-electron chi connectivity index (χ1n) is 16.1. The Balaban J connectivity index is 1.23. The van der Waals surface area contributed by atoms with E-state index in [0.717, 1.165) is 29.5 Å². The second-order valence-corrected chi connectivity index (χ2v) is 13.8. The molecule has 0 bridgehead atoms. The van der Waals surface area contributed by atoms with Crippen LogP contribution in [0.5, 0.6) is 0 Å².